The molecule has 0 aliphatic heterocycles. The van der Waals surface area contributed by atoms with Gasteiger partial charge in [0.1, 0.15) is 16.3 Å². The zero-order valence-corrected chi connectivity index (χ0v) is 23.9. The maximum atomic E-state index is 12.1. The molecule has 0 atom stereocenters. The Morgan fingerprint density at radius 2 is 1.11 bits per heavy atom. The van der Waals surface area contributed by atoms with Gasteiger partial charge in [-0.05, 0) is 47.2 Å². The van der Waals surface area contributed by atoms with Gasteiger partial charge < -0.3 is 10.2 Å². The largest absolute Gasteiger partial charge is 0.507 e. The van der Waals surface area contributed by atoms with Crippen molar-refractivity contribution in [3.05, 3.63) is 97.1 Å². The maximum absolute atomic E-state index is 12.1. The highest BCUT2D eigenvalue weighted by atomic mass is 32.2. The molecule has 0 amide bonds. The summed E-state index contributed by atoms with van der Waals surface area (Å²) < 4.78 is 66.3. The highest BCUT2D eigenvalue weighted by Gasteiger charge is 2.22. The molecule has 6 aromatic rings. The molecule has 0 aliphatic carbocycles. The lowest BCUT2D eigenvalue weighted by Crippen LogP contribution is -1.99. The Balaban J connectivity index is 1.39. The van der Waals surface area contributed by atoms with Crippen LogP contribution in [0.5, 0.6) is 11.5 Å². The molecule has 0 saturated carbocycles. The summed E-state index contributed by atoms with van der Waals surface area (Å²) in [5, 5.41) is 40.6. The van der Waals surface area contributed by atoms with Crippen LogP contribution in [0.4, 0.5) is 22.7 Å². The van der Waals surface area contributed by atoms with Crippen LogP contribution in [-0.4, -0.2) is 36.2 Å². The van der Waals surface area contributed by atoms with Gasteiger partial charge in [0.2, 0.25) is 0 Å². The van der Waals surface area contributed by atoms with E-state index < -0.39 is 41.5 Å². The summed E-state index contributed by atoms with van der Waals surface area (Å²) in [6, 6.07) is 24.7. The lowest BCUT2D eigenvalue weighted by Gasteiger charge is -2.09. The first kappa shape index (κ1) is 28.8. The van der Waals surface area contributed by atoms with Crippen molar-refractivity contribution in [2.75, 3.05) is 0 Å². The van der Waals surface area contributed by atoms with Crippen LogP contribution in [0, 0.1) is 0 Å². The number of phenolic OH excluding ortho intramolecular Hbond substituents is 2. The Morgan fingerprint density at radius 1 is 0.523 bits per heavy atom. The molecule has 0 spiro atoms. The zero-order chi connectivity index (χ0) is 31.2. The van der Waals surface area contributed by atoms with Crippen molar-refractivity contribution in [1.82, 2.24) is 0 Å². The quantitative estimate of drug-likeness (QED) is 0.105. The second kappa shape index (κ2) is 10.8. The van der Waals surface area contributed by atoms with E-state index in [1.54, 1.807) is 66.7 Å². The van der Waals surface area contributed by atoms with E-state index >= 15 is 0 Å². The fourth-order valence-electron chi connectivity index (χ4n) is 4.75. The maximum Gasteiger partial charge on any atom is 0.296 e. The van der Waals surface area contributed by atoms with Gasteiger partial charge in [-0.2, -0.15) is 21.9 Å². The van der Waals surface area contributed by atoms with Crippen molar-refractivity contribution >= 4 is 75.3 Å². The van der Waals surface area contributed by atoms with E-state index in [-0.39, 0.29) is 5.75 Å². The van der Waals surface area contributed by atoms with Crippen LogP contribution < -0.4 is 0 Å². The second-order valence-corrected chi connectivity index (χ2v) is 12.5. The first-order chi connectivity index (χ1) is 20.9. The molecule has 0 saturated heterocycles. The Labute approximate surface area is 249 Å². The van der Waals surface area contributed by atoms with Gasteiger partial charge in [-0.15, -0.1) is 15.3 Å². The first-order valence-electron chi connectivity index (χ1n) is 12.7. The van der Waals surface area contributed by atoms with Crippen molar-refractivity contribution in [1.29, 1.82) is 0 Å². The van der Waals surface area contributed by atoms with E-state index in [1.807, 2.05) is 0 Å². The van der Waals surface area contributed by atoms with E-state index in [1.165, 1.54) is 24.3 Å². The summed E-state index contributed by atoms with van der Waals surface area (Å²) in [5.74, 6) is -0.813. The van der Waals surface area contributed by atoms with Crippen LogP contribution >= 0.6 is 0 Å². The minimum absolute atomic E-state index is 0.302. The molecule has 14 heteroatoms. The van der Waals surface area contributed by atoms with E-state index in [4.69, 9.17) is 0 Å². The Hall–Kier alpha value is -5.28. The Bertz CT molecular complexity index is 2430. The summed E-state index contributed by atoms with van der Waals surface area (Å²) >= 11 is 0. The van der Waals surface area contributed by atoms with Crippen LogP contribution in [0.2, 0.25) is 0 Å². The molecule has 220 valence electrons. The molecule has 0 radical (unpaired) electrons. The third-order valence-corrected chi connectivity index (χ3v) is 8.53. The van der Waals surface area contributed by atoms with Crippen molar-refractivity contribution in [2.45, 2.75) is 9.79 Å². The van der Waals surface area contributed by atoms with Crippen molar-refractivity contribution in [3.8, 4) is 11.5 Å². The van der Waals surface area contributed by atoms with Gasteiger partial charge in [0.05, 0.1) is 22.0 Å². The van der Waals surface area contributed by atoms with E-state index in [0.717, 1.165) is 6.07 Å². The molecule has 0 bridgehead atoms. The number of nitrogens with zero attached hydrogens (tertiary/aromatic N) is 4. The average molecular weight is 629 g/mol. The van der Waals surface area contributed by atoms with Crippen molar-refractivity contribution in [2.24, 2.45) is 20.5 Å². The number of hydrogen-bond donors (Lipinski definition) is 4. The monoisotopic (exact) mass is 628 g/mol. The number of aromatic hydroxyl groups is 2. The van der Waals surface area contributed by atoms with Crippen LogP contribution in [0.1, 0.15) is 0 Å². The predicted molar refractivity (Wildman–Crippen MR) is 163 cm³/mol. The second-order valence-electron chi connectivity index (χ2n) is 9.64. The molecule has 4 N–H and O–H groups in total. The lowest BCUT2D eigenvalue weighted by atomic mass is 10.1. The topological polar surface area (TPSA) is 199 Å². The van der Waals surface area contributed by atoms with E-state index in [9.17, 15) is 36.2 Å². The van der Waals surface area contributed by atoms with Crippen LogP contribution in [0.25, 0.3) is 32.3 Å². The summed E-state index contributed by atoms with van der Waals surface area (Å²) in [4.78, 5) is -1.03. The van der Waals surface area contributed by atoms with Crippen LogP contribution in [0.3, 0.4) is 0 Å². The molecule has 0 heterocycles. The molecule has 6 rings (SSSR count). The smallest absolute Gasteiger partial charge is 0.296 e. The van der Waals surface area contributed by atoms with Crippen molar-refractivity contribution < 1.29 is 36.2 Å². The molecule has 44 heavy (non-hydrogen) atoms. The Morgan fingerprint density at radius 3 is 1.75 bits per heavy atom. The molecule has 0 aromatic heterocycles. The van der Waals surface area contributed by atoms with E-state index in [2.05, 4.69) is 20.5 Å². The van der Waals surface area contributed by atoms with E-state index in [0.29, 0.717) is 49.4 Å². The van der Waals surface area contributed by atoms with Gasteiger partial charge in [-0.25, -0.2) is 0 Å². The lowest BCUT2D eigenvalue weighted by molar-refractivity contribution is 0.471. The fraction of sp³-hybridized carbons (Fsp3) is 0. The highest BCUT2D eigenvalue weighted by Crippen LogP contribution is 2.42. The van der Waals surface area contributed by atoms with Crippen LogP contribution in [-0.2, 0) is 20.2 Å². The standard InChI is InChI=1S/C30H20N4O8S2/c35-27-16-20(43(37,38)39)13-18-9-10-19(15-24(18)27)31-32-25-11-12-26(23-8-4-3-7-22(23)25)33-34-29-28(44(40,41)42)14-17-5-1-2-6-21(17)30(29)36/h1-16,35-36H,(H,37,38,39)(H,40,41,42). The van der Waals surface area contributed by atoms with Gasteiger partial charge in [-0.3, -0.25) is 9.11 Å². The van der Waals surface area contributed by atoms with Gasteiger partial charge in [0, 0.05) is 27.6 Å². The molecule has 0 aliphatic rings. The first-order valence-corrected chi connectivity index (χ1v) is 15.6. The number of phenols is 2. The summed E-state index contributed by atoms with van der Waals surface area (Å²) in [6.07, 6.45) is 0. The van der Waals surface area contributed by atoms with Gasteiger partial charge >= 0.3 is 0 Å². The molecule has 0 unspecified atom stereocenters. The normalized spacial score (nSPS) is 12.7. The molecular formula is C30H20N4O8S2. The minimum atomic E-state index is -4.75. The van der Waals surface area contributed by atoms with Gasteiger partial charge in [-0.1, -0.05) is 54.6 Å². The summed E-state index contributed by atoms with van der Waals surface area (Å²) in [6.45, 7) is 0. The number of hydrogen-bond acceptors (Lipinski definition) is 10. The molecule has 0 fully saturated rings. The highest BCUT2D eigenvalue weighted by molar-refractivity contribution is 7.86. The van der Waals surface area contributed by atoms with Gasteiger partial charge in [0.15, 0.2) is 5.75 Å². The SMILES string of the molecule is O=S(=O)(O)c1cc(O)c2cc(N=Nc3ccc(N=Nc4c(S(=O)(=O)O)cc5ccccc5c4O)c4ccccc34)ccc2c1. The third-order valence-electron chi connectivity index (χ3n) is 6.83. The van der Waals surface area contributed by atoms with Gasteiger partial charge in [0.25, 0.3) is 20.2 Å². The third kappa shape index (κ3) is 5.45. The zero-order valence-electron chi connectivity index (χ0n) is 22.3. The summed E-state index contributed by atoms with van der Waals surface area (Å²) in [5.41, 5.74) is 0.698. The molecule has 6 aromatic carbocycles. The van der Waals surface area contributed by atoms with Crippen molar-refractivity contribution in [3.63, 3.8) is 0 Å². The number of fused-ring (bicyclic) bond motifs is 3. The predicted octanol–water partition coefficient (Wildman–Crippen LogP) is 7.88. The fourth-order valence-corrected chi connectivity index (χ4v) is 5.95. The minimum Gasteiger partial charge on any atom is -0.507 e. The number of azo groups is 2. The molecule has 12 nitrogen and oxygen atoms in total. The molecular weight excluding hydrogens is 608 g/mol. The Kier molecular flexibility index (Phi) is 7.05. The number of benzene rings is 6. The van der Waals surface area contributed by atoms with Crippen LogP contribution in [0.15, 0.2) is 127 Å². The average Bonchev–Trinajstić information content (AvgIpc) is 2.99. The summed E-state index contributed by atoms with van der Waals surface area (Å²) in [7, 11) is -9.26. The number of rotatable bonds is 6.